The van der Waals surface area contributed by atoms with Crippen molar-refractivity contribution in [3.63, 3.8) is 0 Å². The minimum atomic E-state index is -0.855. The lowest BCUT2D eigenvalue weighted by Crippen LogP contribution is -2.65. The third-order valence-corrected chi connectivity index (χ3v) is 5.20. The summed E-state index contributed by atoms with van der Waals surface area (Å²) in [6, 6.07) is 9.08. The highest BCUT2D eigenvalue weighted by Crippen LogP contribution is 2.36. The van der Waals surface area contributed by atoms with E-state index in [1.54, 1.807) is 11.8 Å². The van der Waals surface area contributed by atoms with Crippen molar-refractivity contribution in [1.82, 2.24) is 5.32 Å². The Bertz CT molecular complexity index is 557. The summed E-state index contributed by atoms with van der Waals surface area (Å²) in [7, 11) is 0. The first-order valence-electron chi connectivity index (χ1n) is 8.14. The van der Waals surface area contributed by atoms with Gasteiger partial charge in [-0.15, -0.1) is 11.8 Å². The number of benzene rings is 1. The lowest BCUT2D eigenvalue weighted by atomic mass is 9.96. The fraction of sp³-hybridized carbons (Fsp3) is 0.588. The quantitative estimate of drug-likeness (QED) is 0.853. The Hall–Kier alpha value is -1.12. The van der Waals surface area contributed by atoms with Gasteiger partial charge in [-0.1, -0.05) is 37.3 Å². The number of nitrogens with one attached hydrogen (secondary N) is 1. The second-order valence-electron chi connectivity index (χ2n) is 5.89. The maximum Gasteiger partial charge on any atom is 0.217 e. The van der Waals surface area contributed by atoms with Crippen LogP contribution in [0.25, 0.3) is 0 Å². The Kier molecular flexibility index (Phi) is 5.78. The van der Waals surface area contributed by atoms with Crippen molar-refractivity contribution >= 4 is 17.7 Å². The van der Waals surface area contributed by atoms with Gasteiger partial charge in [0.05, 0.1) is 12.6 Å². The van der Waals surface area contributed by atoms with E-state index in [4.69, 9.17) is 14.2 Å². The van der Waals surface area contributed by atoms with Gasteiger partial charge in [0, 0.05) is 12.5 Å². The van der Waals surface area contributed by atoms with E-state index in [1.807, 2.05) is 37.3 Å². The predicted octanol–water partition coefficient (Wildman–Crippen LogP) is 1.44. The average molecular weight is 353 g/mol. The largest absolute Gasteiger partial charge is 0.388 e. The molecule has 0 saturated carbocycles. The summed E-state index contributed by atoms with van der Waals surface area (Å²) in [5.74, 6) is 0.619. The van der Waals surface area contributed by atoms with Crippen molar-refractivity contribution in [2.24, 2.45) is 0 Å². The van der Waals surface area contributed by atoms with Crippen LogP contribution in [0.2, 0.25) is 0 Å². The second-order valence-corrected chi connectivity index (χ2v) is 7.27. The number of amides is 1. The molecule has 0 aromatic heterocycles. The Balaban J connectivity index is 1.76. The third kappa shape index (κ3) is 3.75. The predicted molar refractivity (Wildman–Crippen MR) is 90.4 cm³/mol. The molecule has 6 nitrogen and oxygen atoms in total. The maximum absolute atomic E-state index is 11.5. The van der Waals surface area contributed by atoms with Crippen LogP contribution in [0.4, 0.5) is 0 Å². The molecule has 0 radical (unpaired) electrons. The molecule has 1 aromatic carbocycles. The van der Waals surface area contributed by atoms with Gasteiger partial charge in [0.2, 0.25) is 5.91 Å². The Morgan fingerprint density at radius 2 is 2.08 bits per heavy atom. The van der Waals surface area contributed by atoms with Crippen LogP contribution in [0.3, 0.4) is 0 Å². The smallest absolute Gasteiger partial charge is 0.217 e. The summed E-state index contributed by atoms with van der Waals surface area (Å²) in [6.45, 7) is 3.79. The fourth-order valence-electron chi connectivity index (χ4n) is 3.07. The van der Waals surface area contributed by atoms with Crippen molar-refractivity contribution in [2.45, 2.75) is 49.9 Å². The molecule has 2 heterocycles. The number of carbonyl (C=O) groups excluding carboxylic acids is 1. The van der Waals surface area contributed by atoms with E-state index in [1.165, 1.54) is 6.92 Å². The molecule has 7 heteroatoms. The number of fused-ring (bicyclic) bond motifs is 1. The number of thioether (sulfide) groups is 1. The molecule has 0 unspecified atom stereocenters. The van der Waals surface area contributed by atoms with E-state index in [0.717, 1.165) is 11.3 Å². The van der Waals surface area contributed by atoms with Crippen LogP contribution < -0.4 is 5.32 Å². The van der Waals surface area contributed by atoms with Crippen molar-refractivity contribution < 1.29 is 24.1 Å². The molecule has 6 atom stereocenters. The normalized spacial score (nSPS) is 36.0. The Morgan fingerprint density at radius 3 is 2.75 bits per heavy atom. The Morgan fingerprint density at radius 1 is 1.33 bits per heavy atom. The van der Waals surface area contributed by atoms with E-state index in [9.17, 15) is 9.90 Å². The van der Waals surface area contributed by atoms with E-state index >= 15 is 0 Å². The molecule has 2 fully saturated rings. The molecular weight excluding hydrogens is 330 g/mol. The summed E-state index contributed by atoms with van der Waals surface area (Å²) in [6.07, 6.45) is -2.30. The van der Waals surface area contributed by atoms with Crippen molar-refractivity contribution in [3.8, 4) is 0 Å². The molecule has 2 aliphatic heterocycles. The minimum Gasteiger partial charge on any atom is -0.388 e. The number of aliphatic hydroxyl groups excluding tert-OH is 1. The van der Waals surface area contributed by atoms with E-state index in [-0.39, 0.29) is 17.4 Å². The fourth-order valence-corrected chi connectivity index (χ4v) is 4.05. The summed E-state index contributed by atoms with van der Waals surface area (Å²) in [5, 5.41) is 13.6. The maximum atomic E-state index is 11.5. The molecule has 1 amide bonds. The number of hydrogen-bond donors (Lipinski definition) is 2. The highest BCUT2D eigenvalue weighted by molar-refractivity contribution is 7.99. The van der Waals surface area contributed by atoms with Gasteiger partial charge in [-0.3, -0.25) is 4.79 Å². The summed E-state index contributed by atoms with van der Waals surface area (Å²) in [5.41, 5.74) is 0.569. The lowest BCUT2D eigenvalue weighted by Gasteiger charge is -2.47. The average Bonchev–Trinajstić information content (AvgIpc) is 2.59. The molecular formula is C17H23NO5S. The molecule has 132 valence electrons. The van der Waals surface area contributed by atoms with Gasteiger partial charge in [0.15, 0.2) is 6.29 Å². The highest BCUT2D eigenvalue weighted by Gasteiger charge is 2.49. The molecule has 24 heavy (non-hydrogen) atoms. The molecule has 1 aromatic rings. The van der Waals surface area contributed by atoms with Gasteiger partial charge in [-0.25, -0.2) is 0 Å². The van der Waals surface area contributed by atoms with Crippen LogP contribution in [0.1, 0.15) is 25.7 Å². The molecule has 3 rings (SSSR count). The van der Waals surface area contributed by atoms with Gasteiger partial charge in [-0.05, 0) is 5.75 Å². The van der Waals surface area contributed by atoms with E-state index < -0.39 is 24.5 Å². The number of ether oxygens (including phenoxy) is 3. The monoisotopic (exact) mass is 353 g/mol. The molecule has 0 spiro atoms. The van der Waals surface area contributed by atoms with Crippen LogP contribution in [0.15, 0.2) is 30.3 Å². The van der Waals surface area contributed by atoms with Gasteiger partial charge < -0.3 is 24.6 Å². The van der Waals surface area contributed by atoms with Crippen molar-refractivity contribution in [1.29, 1.82) is 0 Å². The van der Waals surface area contributed by atoms with Crippen molar-refractivity contribution in [2.75, 3.05) is 12.4 Å². The van der Waals surface area contributed by atoms with Gasteiger partial charge in [0.25, 0.3) is 0 Å². The van der Waals surface area contributed by atoms with Crippen LogP contribution in [-0.2, 0) is 19.0 Å². The van der Waals surface area contributed by atoms with Crippen LogP contribution in [-0.4, -0.2) is 53.2 Å². The lowest BCUT2D eigenvalue weighted by molar-refractivity contribution is -0.306. The molecule has 0 bridgehead atoms. The SMILES string of the molecule is CCS[C@@H]1O[C@H]2CO[C@H](c3ccccc3)O[C@@H]2[C@@H](O)[C@H]1NC(C)=O. The first-order valence-corrected chi connectivity index (χ1v) is 9.19. The van der Waals surface area contributed by atoms with Crippen LogP contribution >= 0.6 is 11.8 Å². The Labute approximate surface area is 145 Å². The number of carbonyl (C=O) groups is 1. The number of hydrogen-bond acceptors (Lipinski definition) is 6. The first-order chi connectivity index (χ1) is 11.6. The van der Waals surface area contributed by atoms with E-state index in [0.29, 0.717) is 6.61 Å². The standard InChI is InChI=1S/C17H23NO5S/c1-3-24-17-13(18-10(2)19)14(20)15-12(22-17)9-21-16(23-15)11-7-5-4-6-8-11/h4-8,12-17,20H,3,9H2,1-2H3,(H,18,19)/t12-,13+,14-,15-,16-,17-/m0/s1. The molecule has 0 aliphatic carbocycles. The van der Waals surface area contributed by atoms with Gasteiger partial charge in [0.1, 0.15) is 23.7 Å². The number of aliphatic hydroxyl groups is 1. The van der Waals surface area contributed by atoms with Gasteiger partial charge >= 0.3 is 0 Å². The number of rotatable bonds is 4. The topological polar surface area (TPSA) is 77.0 Å². The zero-order valence-electron chi connectivity index (χ0n) is 13.8. The molecule has 2 aliphatic rings. The first kappa shape index (κ1) is 17.7. The zero-order valence-corrected chi connectivity index (χ0v) is 14.6. The van der Waals surface area contributed by atoms with Gasteiger partial charge in [-0.2, -0.15) is 0 Å². The molecule has 2 N–H and O–H groups in total. The van der Waals surface area contributed by atoms with Crippen LogP contribution in [0.5, 0.6) is 0 Å². The van der Waals surface area contributed by atoms with Crippen LogP contribution in [0, 0.1) is 0 Å². The summed E-state index contributed by atoms with van der Waals surface area (Å²) < 4.78 is 17.8. The highest BCUT2D eigenvalue weighted by atomic mass is 32.2. The zero-order chi connectivity index (χ0) is 17.1. The van der Waals surface area contributed by atoms with Crippen molar-refractivity contribution in [3.05, 3.63) is 35.9 Å². The second kappa shape index (κ2) is 7.84. The third-order valence-electron chi connectivity index (χ3n) is 4.14. The molecule has 2 saturated heterocycles. The minimum absolute atomic E-state index is 0.200. The summed E-state index contributed by atoms with van der Waals surface area (Å²) in [4.78, 5) is 11.5. The van der Waals surface area contributed by atoms with E-state index in [2.05, 4.69) is 5.32 Å². The summed E-state index contributed by atoms with van der Waals surface area (Å²) >= 11 is 1.55.